The Morgan fingerprint density at radius 1 is 1.00 bits per heavy atom. The largest absolute Gasteiger partial charge is 0.310 e. The quantitative estimate of drug-likeness (QED) is 0.831. The molecule has 2 aromatic rings. The first-order valence-corrected chi connectivity index (χ1v) is 9.68. The van der Waals surface area contributed by atoms with Crippen LogP contribution < -0.4 is 4.90 Å². The van der Waals surface area contributed by atoms with Crippen LogP contribution >= 0.6 is 0 Å². The Morgan fingerprint density at radius 2 is 1.67 bits per heavy atom. The molecule has 1 unspecified atom stereocenters. The molecule has 0 aromatic heterocycles. The van der Waals surface area contributed by atoms with Crippen molar-refractivity contribution in [3.63, 3.8) is 0 Å². The minimum Gasteiger partial charge on any atom is -0.310 e. The third kappa shape index (κ3) is 4.04. The summed E-state index contributed by atoms with van der Waals surface area (Å²) in [5.41, 5.74) is 3.48. The zero-order valence-corrected chi connectivity index (χ0v) is 15.8. The minimum atomic E-state index is -0.195. The summed E-state index contributed by atoms with van der Waals surface area (Å²) in [5, 5.41) is 0. The van der Waals surface area contributed by atoms with E-state index in [4.69, 9.17) is 0 Å². The van der Waals surface area contributed by atoms with Gasteiger partial charge in [0.05, 0.1) is 6.54 Å². The second kappa shape index (κ2) is 7.79. The molecule has 142 valence electrons. The van der Waals surface area contributed by atoms with Crippen molar-refractivity contribution >= 4 is 11.6 Å². The topological polar surface area (TPSA) is 26.8 Å². The average Bonchev–Trinajstić information content (AvgIpc) is 3.02. The first-order chi connectivity index (χ1) is 13.1. The maximum atomic E-state index is 13.0. The number of amides is 1. The normalized spacial score (nSPS) is 20.7. The fourth-order valence-electron chi connectivity index (χ4n) is 4.09. The summed E-state index contributed by atoms with van der Waals surface area (Å²) in [7, 11) is 0. The van der Waals surface area contributed by atoms with E-state index in [2.05, 4.69) is 28.9 Å². The van der Waals surface area contributed by atoms with Gasteiger partial charge in [0.15, 0.2) is 0 Å². The molecule has 0 N–H and O–H groups in total. The Labute approximate surface area is 160 Å². The van der Waals surface area contributed by atoms with Crippen LogP contribution in [-0.4, -0.2) is 55.0 Å². The molecule has 5 heteroatoms. The maximum Gasteiger partial charge on any atom is 0.241 e. The Kier molecular flexibility index (Phi) is 5.23. The van der Waals surface area contributed by atoms with Gasteiger partial charge in [0.25, 0.3) is 0 Å². The summed E-state index contributed by atoms with van der Waals surface area (Å²) in [5.74, 6) is 0.399. The fraction of sp³-hybridized carbons (Fsp3) is 0.409. The van der Waals surface area contributed by atoms with Gasteiger partial charge in [0, 0.05) is 50.9 Å². The molecule has 1 atom stereocenters. The number of hydrogen-bond donors (Lipinski definition) is 0. The van der Waals surface area contributed by atoms with Gasteiger partial charge in [-0.25, -0.2) is 4.39 Å². The number of nitrogens with zero attached hydrogens (tertiary/aromatic N) is 3. The molecule has 1 saturated heterocycles. The number of hydrogen-bond acceptors (Lipinski definition) is 3. The van der Waals surface area contributed by atoms with E-state index in [1.54, 1.807) is 0 Å². The van der Waals surface area contributed by atoms with E-state index in [0.717, 1.165) is 50.5 Å². The SMILES string of the molecule is CC1CN(C(=O)CN2CCN(Cc3ccc(F)cc3)CC2)c2ccccc21. The van der Waals surface area contributed by atoms with Gasteiger partial charge in [0.2, 0.25) is 5.91 Å². The molecule has 0 aliphatic carbocycles. The summed E-state index contributed by atoms with van der Waals surface area (Å²) >= 11 is 0. The minimum absolute atomic E-state index is 0.193. The predicted molar refractivity (Wildman–Crippen MR) is 105 cm³/mol. The van der Waals surface area contributed by atoms with Crippen molar-refractivity contribution in [3.05, 3.63) is 65.5 Å². The Balaban J connectivity index is 1.29. The molecule has 2 aromatic carbocycles. The van der Waals surface area contributed by atoms with E-state index < -0.39 is 0 Å². The van der Waals surface area contributed by atoms with Crippen molar-refractivity contribution in [2.75, 3.05) is 44.2 Å². The second-order valence-corrected chi connectivity index (χ2v) is 7.64. The lowest BCUT2D eigenvalue weighted by Gasteiger charge is -2.35. The number of benzene rings is 2. The van der Waals surface area contributed by atoms with Crippen LogP contribution in [0.4, 0.5) is 10.1 Å². The van der Waals surface area contributed by atoms with E-state index in [0.29, 0.717) is 12.5 Å². The molecule has 27 heavy (non-hydrogen) atoms. The number of para-hydroxylation sites is 1. The highest BCUT2D eigenvalue weighted by atomic mass is 19.1. The van der Waals surface area contributed by atoms with Crippen molar-refractivity contribution in [3.8, 4) is 0 Å². The van der Waals surface area contributed by atoms with Gasteiger partial charge in [-0.05, 0) is 29.3 Å². The van der Waals surface area contributed by atoms with E-state index in [-0.39, 0.29) is 11.7 Å². The van der Waals surface area contributed by atoms with Crippen LogP contribution in [0.25, 0.3) is 0 Å². The number of halogens is 1. The summed E-state index contributed by atoms with van der Waals surface area (Å²) in [6.45, 7) is 7.90. The fourth-order valence-corrected chi connectivity index (χ4v) is 4.09. The molecule has 2 aliphatic rings. The third-order valence-corrected chi connectivity index (χ3v) is 5.66. The molecule has 0 radical (unpaired) electrons. The highest BCUT2D eigenvalue weighted by Crippen LogP contribution is 2.35. The summed E-state index contributed by atoms with van der Waals surface area (Å²) in [6, 6.07) is 14.9. The van der Waals surface area contributed by atoms with E-state index in [1.165, 1.54) is 17.7 Å². The molecule has 2 aliphatic heterocycles. The lowest BCUT2D eigenvalue weighted by atomic mass is 10.0. The van der Waals surface area contributed by atoms with Crippen molar-refractivity contribution < 1.29 is 9.18 Å². The lowest BCUT2D eigenvalue weighted by Crippen LogP contribution is -2.49. The molecular weight excluding hydrogens is 341 g/mol. The van der Waals surface area contributed by atoms with Gasteiger partial charge in [-0.3, -0.25) is 14.6 Å². The summed E-state index contributed by atoms with van der Waals surface area (Å²) in [4.78, 5) is 19.4. The smallest absolute Gasteiger partial charge is 0.241 e. The molecule has 2 heterocycles. The number of anilines is 1. The van der Waals surface area contributed by atoms with Crippen LogP contribution in [0, 0.1) is 5.82 Å². The molecule has 1 fully saturated rings. The number of carbonyl (C=O) groups is 1. The van der Waals surface area contributed by atoms with Crippen LogP contribution in [0.3, 0.4) is 0 Å². The molecule has 4 rings (SSSR count). The lowest BCUT2D eigenvalue weighted by molar-refractivity contribution is -0.120. The average molecular weight is 367 g/mol. The number of carbonyl (C=O) groups excluding carboxylic acids is 1. The standard InChI is InChI=1S/C22H26FN3O/c1-17-14-26(21-5-3-2-4-20(17)21)22(27)16-25-12-10-24(11-13-25)15-18-6-8-19(23)9-7-18/h2-9,17H,10-16H2,1H3. The molecular formula is C22H26FN3O. The predicted octanol–water partition coefficient (Wildman–Crippen LogP) is 3.09. The van der Waals surface area contributed by atoms with Crippen LogP contribution in [0.5, 0.6) is 0 Å². The molecule has 4 nitrogen and oxygen atoms in total. The molecule has 0 spiro atoms. The van der Waals surface area contributed by atoms with Gasteiger partial charge in [-0.2, -0.15) is 0 Å². The molecule has 1 amide bonds. The van der Waals surface area contributed by atoms with Gasteiger partial charge in [0.1, 0.15) is 5.82 Å². The van der Waals surface area contributed by atoms with Gasteiger partial charge >= 0.3 is 0 Å². The Morgan fingerprint density at radius 3 is 2.41 bits per heavy atom. The zero-order valence-electron chi connectivity index (χ0n) is 15.8. The highest BCUT2D eigenvalue weighted by molar-refractivity contribution is 5.97. The van der Waals surface area contributed by atoms with E-state index in [9.17, 15) is 9.18 Å². The number of rotatable bonds is 4. The maximum absolute atomic E-state index is 13.0. The first kappa shape index (κ1) is 18.1. The van der Waals surface area contributed by atoms with Crippen LogP contribution in [0.2, 0.25) is 0 Å². The highest BCUT2D eigenvalue weighted by Gasteiger charge is 2.30. The summed E-state index contributed by atoms with van der Waals surface area (Å²) < 4.78 is 13.0. The van der Waals surface area contributed by atoms with Crippen molar-refractivity contribution in [2.24, 2.45) is 0 Å². The Hall–Kier alpha value is -2.24. The van der Waals surface area contributed by atoms with Crippen molar-refractivity contribution in [1.82, 2.24) is 9.80 Å². The molecule has 0 saturated carbocycles. The van der Waals surface area contributed by atoms with Crippen LogP contribution in [-0.2, 0) is 11.3 Å². The van der Waals surface area contributed by atoms with Crippen LogP contribution in [0.1, 0.15) is 24.0 Å². The van der Waals surface area contributed by atoms with E-state index >= 15 is 0 Å². The van der Waals surface area contributed by atoms with E-state index in [1.807, 2.05) is 29.2 Å². The monoisotopic (exact) mass is 367 g/mol. The van der Waals surface area contributed by atoms with Gasteiger partial charge in [-0.15, -0.1) is 0 Å². The Bertz CT molecular complexity index is 799. The van der Waals surface area contributed by atoms with Crippen molar-refractivity contribution in [2.45, 2.75) is 19.4 Å². The van der Waals surface area contributed by atoms with Gasteiger partial charge < -0.3 is 4.90 Å². The van der Waals surface area contributed by atoms with Gasteiger partial charge in [-0.1, -0.05) is 37.3 Å². The van der Waals surface area contributed by atoms with Crippen molar-refractivity contribution in [1.29, 1.82) is 0 Å². The summed E-state index contributed by atoms with van der Waals surface area (Å²) in [6.07, 6.45) is 0. The second-order valence-electron chi connectivity index (χ2n) is 7.64. The number of piperazine rings is 1. The molecule has 0 bridgehead atoms. The third-order valence-electron chi connectivity index (χ3n) is 5.66. The number of fused-ring (bicyclic) bond motifs is 1. The first-order valence-electron chi connectivity index (χ1n) is 9.68. The van der Waals surface area contributed by atoms with Crippen LogP contribution in [0.15, 0.2) is 48.5 Å². The zero-order chi connectivity index (χ0) is 18.8.